The Kier molecular flexibility index (Phi) is 7.12. The number of amides is 1. The smallest absolute Gasteiger partial charge is 0.346 e. The van der Waals surface area contributed by atoms with Crippen LogP contribution < -0.4 is 5.32 Å². The number of likely N-dealkylation sites (tertiary alicyclic amines) is 1. The predicted octanol–water partition coefficient (Wildman–Crippen LogP) is 4.78. The Labute approximate surface area is 199 Å². The van der Waals surface area contributed by atoms with Gasteiger partial charge in [0.2, 0.25) is 5.95 Å². The number of aromatic nitrogens is 3. The Morgan fingerprint density at radius 2 is 2.06 bits per heavy atom. The number of carbonyl (C=O) groups excluding carboxylic acids is 1. The molecule has 2 N–H and O–H groups in total. The minimum absolute atomic E-state index is 0.0883. The summed E-state index contributed by atoms with van der Waals surface area (Å²) in [7, 11) is 0. The summed E-state index contributed by atoms with van der Waals surface area (Å²) in [5.41, 5.74) is 4.04. The molecule has 0 radical (unpaired) electrons. The number of piperidine rings is 1. The molecule has 1 amide bonds. The van der Waals surface area contributed by atoms with Crippen molar-refractivity contribution in [2.75, 3.05) is 25.1 Å². The molecule has 4 rings (SSSR count). The van der Waals surface area contributed by atoms with Gasteiger partial charge in [-0.3, -0.25) is 15.0 Å². The maximum absolute atomic E-state index is 12.8. The van der Waals surface area contributed by atoms with Gasteiger partial charge in [-0.1, -0.05) is 6.07 Å². The molecule has 0 saturated carbocycles. The summed E-state index contributed by atoms with van der Waals surface area (Å²) in [6.45, 7) is 2.90. The zero-order valence-electron chi connectivity index (χ0n) is 19.3. The number of hydrogen-bond donors (Lipinski definition) is 2. The predicted molar refractivity (Wildman–Crippen MR) is 123 cm³/mol. The second kappa shape index (κ2) is 10.1. The van der Waals surface area contributed by atoms with Crippen molar-refractivity contribution in [1.29, 1.82) is 5.26 Å². The molecule has 2 aromatic heterocycles. The second-order valence-electron chi connectivity index (χ2n) is 8.85. The summed E-state index contributed by atoms with van der Waals surface area (Å²) in [6, 6.07) is 7.81. The molecule has 0 unspecified atom stereocenters. The number of carbonyl (C=O) groups is 1. The van der Waals surface area contributed by atoms with Crippen LogP contribution in [0.25, 0.3) is 10.9 Å². The number of nitrogens with zero attached hydrogens (tertiary/aromatic N) is 4. The van der Waals surface area contributed by atoms with Crippen molar-refractivity contribution in [1.82, 2.24) is 19.4 Å². The Hall–Kier alpha value is -3.39. The van der Waals surface area contributed by atoms with Gasteiger partial charge in [0.15, 0.2) is 6.67 Å². The molecule has 1 aromatic carbocycles. The van der Waals surface area contributed by atoms with Crippen molar-refractivity contribution in [3.63, 3.8) is 0 Å². The first-order valence-electron chi connectivity index (χ1n) is 11.4. The van der Waals surface area contributed by atoms with E-state index in [1.165, 1.54) is 6.20 Å². The number of fused-ring (bicyclic) bond motifs is 1. The summed E-state index contributed by atoms with van der Waals surface area (Å²) in [6.07, 6.45) is -2.94. The molecule has 0 bridgehead atoms. The van der Waals surface area contributed by atoms with Crippen LogP contribution in [0.4, 0.5) is 23.5 Å². The zero-order chi connectivity index (χ0) is 25.2. The first-order valence-corrected chi connectivity index (χ1v) is 11.4. The summed E-state index contributed by atoms with van der Waals surface area (Å²) >= 11 is 0. The monoisotopic (exact) mass is 490 g/mol. The number of rotatable bonds is 7. The van der Waals surface area contributed by atoms with Gasteiger partial charge < -0.3 is 9.55 Å². The van der Waals surface area contributed by atoms with Crippen LogP contribution in [0.1, 0.15) is 47.8 Å². The largest absolute Gasteiger partial charge is 0.389 e. The van der Waals surface area contributed by atoms with Gasteiger partial charge in [0.1, 0.15) is 11.8 Å². The maximum Gasteiger partial charge on any atom is 0.389 e. The fraction of sp³-hybridized carbons (Fsp3) is 0.458. The van der Waals surface area contributed by atoms with Crippen LogP contribution in [-0.2, 0) is 17.8 Å². The first kappa shape index (κ1) is 24.7. The van der Waals surface area contributed by atoms with E-state index in [2.05, 4.69) is 26.3 Å². The topological polar surface area (TPSA) is 89.7 Å². The van der Waals surface area contributed by atoms with E-state index in [-0.39, 0.29) is 18.4 Å². The average Bonchev–Trinajstić information content (AvgIpc) is 3.44. The van der Waals surface area contributed by atoms with Crippen LogP contribution in [0.2, 0.25) is 0 Å². The second-order valence-corrected chi connectivity index (χ2v) is 8.85. The first-order chi connectivity index (χ1) is 16.7. The van der Waals surface area contributed by atoms with Crippen LogP contribution in [0.3, 0.4) is 0 Å². The number of H-pyrrole nitrogens is 1. The summed E-state index contributed by atoms with van der Waals surface area (Å²) in [5.74, 6) is -0.794. The van der Waals surface area contributed by atoms with E-state index in [0.29, 0.717) is 43.9 Å². The van der Waals surface area contributed by atoms with Gasteiger partial charge in [-0.15, -0.1) is 0 Å². The third kappa shape index (κ3) is 5.65. The number of nitrogens with one attached hydrogen (secondary N) is 2. The van der Waals surface area contributed by atoms with Gasteiger partial charge in [-0.25, -0.2) is 9.37 Å². The fourth-order valence-electron chi connectivity index (χ4n) is 4.71. The number of hydrogen-bond acceptors (Lipinski definition) is 4. The number of alkyl halides is 4. The lowest BCUT2D eigenvalue weighted by molar-refractivity contribution is -0.134. The number of benzene rings is 1. The quantitative estimate of drug-likeness (QED) is 0.467. The highest BCUT2D eigenvalue weighted by atomic mass is 19.4. The Balaban J connectivity index is 1.47. The lowest BCUT2D eigenvalue weighted by Gasteiger charge is -2.34. The van der Waals surface area contributed by atoms with Gasteiger partial charge in [0, 0.05) is 48.7 Å². The molecule has 3 aromatic rings. The number of imidazole rings is 1. The normalized spacial score (nSPS) is 15.4. The lowest BCUT2D eigenvalue weighted by Crippen LogP contribution is -2.35. The molecule has 1 saturated heterocycles. The number of aryl methyl sites for hydroxylation is 2. The van der Waals surface area contributed by atoms with Crippen molar-refractivity contribution in [3.8, 4) is 6.07 Å². The van der Waals surface area contributed by atoms with Gasteiger partial charge >= 0.3 is 6.18 Å². The van der Waals surface area contributed by atoms with Crippen molar-refractivity contribution in [2.45, 2.75) is 51.4 Å². The highest BCUT2D eigenvalue weighted by Crippen LogP contribution is 2.32. The molecule has 1 aliphatic heterocycles. The third-order valence-corrected chi connectivity index (χ3v) is 6.53. The van der Waals surface area contributed by atoms with Crippen LogP contribution >= 0.6 is 0 Å². The van der Waals surface area contributed by atoms with E-state index >= 15 is 0 Å². The maximum atomic E-state index is 12.8. The third-order valence-electron chi connectivity index (χ3n) is 6.53. The number of halogens is 4. The molecule has 11 heteroatoms. The van der Waals surface area contributed by atoms with Gasteiger partial charge in [0.25, 0.3) is 5.91 Å². The molecule has 35 heavy (non-hydrogen) atoms. The minimum atomic E-state index is -4.31. The summed E-state index contributed by atoms with van der Waals surface area (Å²) < 4.78 is 52.9. The molecule has 0 atom stereocenters. The fourth-order valence-corrected chi connectivity index (χ4v) is 4.71. The van der Waals surface area contributed by atoms with Crippen LogP contribution in [0.5, 0.6) is 0 Å². The highest BCUT2D eigenvalue weighted by molar-refractivity contribution is 5.90. The SMILES string of the molecule is Cc1c(CN2CCC(n3c(CCC(F)(F)F)cnc3NC(=O)CF)CC2)ccc2[nH]c(C#N)cc12. The van der Waals surface area contributed by atoms with Crippen molar-refractivity contribution in [2.24, 2.45) is 0 Å². The number of anilines is 1. The summed E-state index contributed by atoms with van der Waals surface area (Å²) in [5, 5.41) is 12.5. The zero-order valence-corrected chi connectivity index (χ0v) is 19.3. The molecule has 1 fully saturated rings. The molecular formula is C24H26F4N6O. The molecule has 7 nitrogen and oxygen atoms in total. The standard InChI is InChI=1S/C24H26F4N6O/c1-15-16(2-3-21-20(15)10-17(12-29)31-21)14-33-8-5-18(6-9-33)34-19(4-7-24(26,27)28)13-30-23(34)32-22(35)11-25/h2-3,10,13,18,31H,4-9,11,14H2,1H3,(H,30,32,35). The molecule has 0 spiro atoms. The van der Waals surface area contributed by atoms with E-state index < -0.39 is 25.2 Å². The van der Waals surface area contributed by atoms with E-state index in [1.807, 2.05) is 25.1 Å². The highest BCUT2D eigenvalue weighted by Gasteiger charge is 2.30. The van der Waals surface area contributed by atoms with Crippen molar-refractivity contribution < 1.29 is 22.4 Å². The van der Waals surface area contributed by atoms with Gasteiger partial charge in [-0.05, 0) is 49.4 Å². The molecule has 186 valence electrons. The average molecular weight is 491 g/mol. The minimum Gasteiger partial charge on any atom is -0.346 e. The van der Waals surface area contributed by atoms with Gasteiger partial charge in [-0.2, -0.15) is 18.4 Å². The Morgan fingerprint density at radius 3 is 2.71 bits per heavy atom. The molecule has 0 aliphatic carbocycles. The molecule has 1 aliphatic rings. The number of aromatic amines is 1. The van der Waals surface area contributed by atoms with Crippen LogP contribution in [0.15, 0.2) is 24.4 Å². The molecule has 3 heterocycles. The number of nitriles is 1. The summed E-state index contributed by atoms with van der Waals surface area (Å²) in [4.78, 5) is 21.0. The van der Waals surface area contributed by atoms with Crippen molar-refractivity contribution >= 4 is 22.8 Å². The van der Waals surface area contributed by atoms with E-state index in [4.69, 9.17) is 5.26 Å². The van der Waals surface area contributed by atoms with Gasteiger partial charge in [0.05, 0.1) is 6.20 Å². The van der Waals surface area contributed by atoms with Crippen LogP contribution in [0, 0.1) is 18.3 Å². The van der Waals surface area contributed by atoms with E-state index in [0.717, 1.165) is 22.0 Å². The van der Waals surface area contributed by atoms with Crippen molar-refractivity contribution in [3.05, 3.63) is 46.9 Å². The van der Waals surface area contributed by atoms with E-state index in [9.17, 15) is 22.4 Å². The lowest BCUT2D eigenvalue weighted by atomic mass is 10.0. The Morgan fingerprint density at radius 1 is 1.31 bits per heavy atom. The van der Waals surface area contributed by atoms with Crippen LogP contribution in [-0.4, -0.2) is 51.3 Å². The van der Waals surface area contributed by atoms with E-state index in [1.54, 1.807) is 4.57 Å². The molecular weight excluding hydrogens is 464 g/mol. The Bertz CT molecular complexity index is 1250.